The molecule has 0 bridgehead atoms. The summed E-state index contributed by atoms with van der Waals surface area (Å²) in [6, 6.07) is 9.31. The lowest BCUT2D eigenvalue weighted by molar-refractivity contribution is -0.135. The van der Waals surface area contributed by atoms with Gasteiger partial charge in [0.1, 0.15) is 23.8 Å². The molecule has 1 aliphatic rings. The molecule has 1 fully saturated rings. The second-order valence-electron chi connectivity index (χ2n) is 6.61. The van der Waals surface area contributed by atoms with Crippen LogP contribution in [0.25, 0.3) is 0 Å². The average Bonchev–Trinajstić information content (AvgIpc) is 2.95. The van der Waals surface area contributed by atoms with Crippen LogP contribution in [0.15, 0.2) is 42.7 Å². The molecule has 1 aromatic carbocycles. The molecular formula is C19H25N3O4. The van der Waals surface area contributed by atoms with E-state index in [2.05, 4.69) is 4.98 Å². The van der Waals surface area contributed by atoms with Gasteiger partial charge in [-0.15, -0.1) is 0 Å². The van der Waals surface area contributed by atoms with Crippen molar-refractivity contribution >= 4 is 5.91 Å². The van der Waals surface area contributed by atoms with Gasteiger partial charge in [0, 0.05) is 31.9 Å². The normalized spacial score (nSPS) is 20.6. The fourth-order valence-electron chi connectivity index (χ4n) is 2.97. The van der Waals surface area contributed by atoms with Gasteiger partial charge in [-0.05, 0) is 19.1 Å². The van der Waals surface area contributed by atoms with Crippen molar-refractivity contribution in [1.29, 1.82) is 0 Å². The number of hydrogen-bond donors (Lipinski definition) is 1. The van der Waals surface area contributed by atoms with Crippen molar-refractivity contribution in [2.24, 2.45) is 0 Å². The Morgan fingerprint density at radius 1 is 1.38 bits per heavy atom. The number of nitrogens with zero attached hydrogens (tertiary/aromatic N) is 3. The van der Waals surface area contributed by atoms with E-state index in [1.165, 1.54) is 0 Å². The van der Waals surface area contributed by atoms with Gasteiger partial charge >= 0.3 is 0 Å². The predicted molar refractivity (Wildman–Crippen MR) is 95.9 cm³/mol. The van der Waals surface area contributed by atoms with Crippen molar-refractivity contribution in [3.63, 3.8) is 0 Å². The molecule has 2 aromatic rings. The van der Waals surface area contributed by atoms with E-state index >= 15 is 0 Å². The fraction of sp³-hybridized carbons (Fsp3) is 0.474. The Morgan fingerprint density at radius 3 is 2.92 bits per heavy atom. The highest BCUT2D eigenvalue weighted by atomic mass is 16.5. The lowest BCUT2D eigenvalue weighted by Gasteiger charge is -2.30. The van der Waals surface area contributed by atoms with Crippen LogP contribution in [0.4, 0.5) is 0 Å². The molecule has 3 rings (SSSR count). The quantitative estimate of drug-likeness (QED) is 0.840. The summed E-state index contributed by atoms with van der Waals surface area (Å²) in [7, 11) is 0. The lowest BCUT2D eigenvalue weighted by atomic mass is 10.1. The number of rotatable bonds is 6. The Morgan fingerprint density at radius 2 is 2.19 bits per heavy atom. The highest BCUT2D eigenvalue weighted by molar-refractivity contribution is 5.76. The second kappa shape index (κ2) is 8.33. The molecule has 1 aromatic heterocycles. The van der Waals surface area contributed by atoms with Crippen LogP contribution in [0.2, 0.25) is 0 Å². The van der Waals surface area contributed by atoms with Crippen molar-refractivity contribution in [2.45, 2.75) is 25.5 Å². The second-order valence-corrected chi connectivity index (χ2v) is 6.61. The predicted octanol–water partition coefficient (Wildman–Crippen LogP) is 1.25. The Hall–Kier alpha value is -2.38. The first-order chi connectivity index (χ1) is 12.6. The summed E-state index contributed by atoms with van der Waals surface area (Å²) in [4.78, 5) is 18.4. The Bertz CT molecular complexity index is 719. The minimum atomic E-state index is -1.23. The van der Waals surface area contributed by atoms with Gasteiger partial charge in [-0.25, -0.2) is 4.98 Å². The van der Waals surface area contributed by atoms with E-state index in [9.17, 15) is 9.90 Å². The summed E-state index contributed by atoms with van der Waals surface area (Å²) >= 11 is 0. The highest BCUT2D eigenvalue weighted by Gasteiger charge is 2.35. The molecule has 7 heteroatoms. The minimum absolute atomic E-state index is 0.0123. The summed E-state index contributed by atoms with van der Waals surface area (Å²) in [5.74, 6) is 1.55. The molecule has 140 valence electrons. The smallest absolute Gasteiger partial charge is 0.224 e. The molecule has 0 spiro atoms. The van der Waals surface area contributed by atoms with E-state index in [4.69, 9.17) is 9.47 Å². The standard InChI is InChI=1S/C19H25N3O4/c1-16-20-8-10-21(16)9-7-18(23)22-11-12-25-14-19(24,13-22)15-26-17-5-3-2-4-6-17/h2-6,8,10,24H,7,9,11-15H2,1H3/t19-/m0/s1. The van der Waals surface area contributed by atoms with Gasteiger partial charge in [-0.3, -0.25) is 4.79 Å². The Labute approximate surface area is 153 Å². The van der Waals surface area contributed by atoms with Crippen molar-refractivity contribution in [1.82, 2.24) is 14.5 Å². The lowest BCUT2D eigenvalue weighted by Crippen LogP contribution is -2.50. The summed E-state index contributed by atoms with van der Waals surface area (Å²) < 4.78 is 13.1. The average molecular weight is 359 g/mol. The summed E-state index contributed by atoms with van der Waals surface area (Å²) in [5.41, 5.74) is -1.23. The number of ether oxygens (including phenoxy) is 2. The van der Waals surface area contributed by atoms with Crippen molar-refractivity contribution in [3.05, 3.63) is 48.5 Å². The van der Waals surface area contributed by atoms with Gasteiger partial charge in [0.2, 0.25) is 5.91 Å². The Balaban J connectivity index is 1.57. The van der Waals surface area contributed by atoms with Gasteiger partial charge in [0.05, 0.1) is 19.8 Å². The fourth-order valence-corrected chi connectivity index (χ4v) is 2.97. The van der Waals surface area contributed by atoms with E-state index < -0.39 is 5.60 Å². The van der Waals surface area contributed by atoms with Crippen LogP contribution >= 0.6 is 0 Å². The van der Waals surface area contributed by atoms with Crippen molar-refractivity contribution in [2.75, 3.05) is 32.9 Å². The largest absolute Gasteiger partial charge is 0.490 e. The molecule has 1 saturated heterocycles. The maximum atomic E-state index is 12.6. The number of aryl methyl sites for hydroxylation is 2. The number of aliphatic hydroxyl groups is 1. The third-order valence-corrected chi connectivity index (χ3v) is 4.46. The number of aromatic nitrogens is 2. The number of β-amino-alcohol motifs (C(OH)–C–C–N with tert-alkyl or cyclic N) is 1. The number of carbonyl (C=O) groups is 1. The van der Waals surface area contributed by atoms with E-state index in [1.54, 1.807) is 11.1 Å². The number of benzene rings is 1. The molecule has 1 N–H and O–H groups in total. The van der Waals surface area contributed by atoms with Crippen LogP contribution in [0, 0.1) is 6.92 Å². The van der Waals surface area contributed by atoms with Gasteiger partial charge in [0.25, 0.3) is 0 Å². The van der Waals surface area contributed by atoms with Gasteiger partial charge < -0.3 is 24.0 Å². The van der Waals surface area contributed by atoms with Crippen LogP contribution in [0.5, 0.6) is 5.75 Å². The maximum absolute atomic E-state index is 12.6. The number of carbonyl (C=O) groups excluding carboxylic acids is 1. The topological polar surface area (TPSA) is 76.8 Å². The number of imidazole rings is 1. The van der Waals surface area contributed by atoms with E-state index in [1.807, 2.05) is 48.0 Å². The third kappa shape index (κ3) is 4.83. The molecule has 0 unspecified atom stereocenters. The zero-order chi connectivity index (χ0) is 18.4. The molecule has 0 aliphatic carbocycles. The van der Waals surface area contributed by atoms with E-state index in [0.717, 1.165) is 5.82 Å². The number of para-hydroxylation sites is 1. The molecule has 26 heavy (non-hydrogen) atoms. The zero-order valence-electron chi connectivity index (χ0n) is 15.0. The van der Waals surface area contributed by atoms with E-state index in [0.29, 0.717) is 31.9 Å². The van der Waals surface area contributed by atoms with E-state index in [-0.39, 0.29) is 25.7 Å². The molecule has 1 amide bonds. The highest BCUT2D eigenvalue weighted by Crippen LogP contribution is 2.17. The third-order valence-electron chi connectivity index (χ3n) is 4.46. The minimum Gasteiger partial charge on any atom is -0.490 e. The Kier molecular flexibility index (Phi) is 5.90. The SMILES string of the molecule is Cc1nccn1CCC(=O)N1CCOC[C@](O)(COc2ccccc2)C1. The zero-order valence-corrected chi connectivity index (χ0v) is 15.0. The first kappa shape index (κ1) is 18.4. The van der Waals surface area contributed by atoms with Crippen LogP contribution in [-0.4, -0.2) is 64.0 Å². The van der Waals surface area contributed by atoms with Crippen molar-refractivity contribution < 1.29 is 19.4 Å². The van der Waals surface area contributed by atoms with Gasteiger partial charge in [0.15, 0.2) is 0 Å². The first-order valence-corrected chi connectivity index (χ1v) is 8.79. The molecule has 2 heterocycles. The van der Waals surface area contributed by atoms with Crippen LogP contribution in [0.1, 0.15) is 12.2 Å². The van der Waals surface area contributed by atoms with Gasteiger partial charge in [-0.2, -0.15) is 0 Å². The summed E-state index contributed by atoms with van der Waals surface area (Å²) in [6.07, 6.45) is 3.93. The molecule has 7 nitrogen and oxygen atoms in total. The molecule has 0 radical (unpaired) electrons. The van der Waals surface area contributed by atoms with Crippen LogP contribution < -0.4 is 4.74 Å². The molecular weight excluding hydrogens is 334 g/mol. The van der Waals surface area contributed by atoms with Crippen LogP contribution in [-0.2, 0) is 16.1 Å². The monoisotopic (exact) mass is 359 g/mol. The molecule has 1 aliphatic heterocycles. The van der Waals surface area contributed by atoms with Crippen LogP contribution in [0.3, 0.4) is 0 Å². The number of amides is 1. The maximum Gasteiger partial charge on any atom is 0.224 e. The summed E-state index contributed by atoms with van der Waals surface area (Å²) in [6.45, 7) is 3.76. The van der Waals surface area contributed by atoms with Gasteiger partial charge in [-0.1, -0.05) is 18.2 Å². The number of hydrogen-bond acceptors (Lipinski definition) is 5. The summed E-state index contributed by atoms with van der Waals surface area (Å²) in [5, 5.41) is 10.9. The van der Waals surface area contributed by atoms with Crippen molar-refractivity contribution in [3.8, 4) is 5.75 Å². The molecule has 1 atom stereocenters. The molecule has 0 saturated carbocycles. The first-order valence-electron chi connectivity index (χ1n) is 8.79.